The number of aromatic nitrogens is 2. The molecule has 3 rings (SSSR count). The molecule has 3 aromatic rings. The second kappa shape index (κ2) is 9.55. The third kappa shape index (κ3) is 4.74. The lowest BCUT2D eigenvalue weighted by Crippen LogP contribution is -2.16. The van der Waals surface area contributed by atoms with Crippen molar-refractivity contribution in [3.8, 4) is 17.0 Å². The Morgan fingerprint density at radius 1 is 0.967 bits per heavy atom. The number of aliphatic hydroxyl groups excluding tert-OH is 1. The van der Waals surface area contributed by atoms with Crippen LogP contribution in [-0.4, -0.2) is 36.7 Å². The molecule has 0 atom stereocenters. The molecule has 0 bridgehead atoms. The maximum absolute atomic E-state index is 13.0. The number of aliphatic hydroxyl groups is 1. The van der Waals surface area contributed by atoms with Crippen LogP contribution in [0.15, 0.2) is 47.6 Å². The molecule has 0 aliphatic rings. The number of sulfonamides is 1. The maximum atomic E-state index is 13.0. The molecular weight excluding hydrogens is 496 g/mol. The average Bonchev–Trinajstić information content (AvgIpc) is 2.71. The first-order valence-electron chi connectivity index (χ1n) is 8.26. The number of nitrogens with zero attached hydrogens (tertiary/aromatic N) is 2. The summed E-state index contributed by atoms with van der Waals surface area (Å²) in [5, 5.41) is 9.18. The van der Waals surface area contributed by atoms with Crippen LogP contribution in [-0.2, 0) is 10.0 Å². The Labute approximate surface area is 192 Å². The van der Waals surface area contributed by atoms with E-state index in [-0.39, 0.29) is 50.4 Å². The quantitative estimate of drug-likeness (QED) is 0.439. The van der Waals surface area contributed by atoms with Gasteiger partial charge in [0.2, 0.25) is 5.88 Å². The standard InChI is InChI=1S/C18H13Cl4N3O4S/c19-11-4-2-1-3-10(11)14-17(23-9-24-18(14)29-8-7-26)25-30(27,28)13-6-5-12(20)15(21)16(13)22/h1-6,9,26H,7-8H2,(H,23,24,25). The lowest BCUT2D eigenvalue weighted by atomic mass is 10.1. The third-order valence-electron chi connectivity index (χ3n) is 3.81. The Morgan fingerprint density at radius 3 is 2.40 bits per heavy atom. The van der Waals surface area contributed by atoms with Crippen molar-refractivity contribution in [1.82, 2.24) is 9.97 Å². The van der Waals surface area contributed by atoms with Crippen molar-refractivity contribution in [2.45, 2.75) is 4.90 Å². The van der Waals surface area contributed by atoms with Gasteiger partial charge < -0.3 is 9.84 Å². The molecule has 30 heavy (non-hydrogen) atoms. The van der Waals surface area contributed by atoms with E-state index in [0.29, 0.717) is 10.6 Å². The molecule has 12 heteroatoms. The van der Waals surface area contributed by atoms with E-state index >= 15 is 0 Å². The lowest BCUT2D eigenvalue weighted by molar-refractivity contribution is 0.197. The summed E-state index contributed by atoms with van der Waals surface area (Å²) in [5.74, 6) is -0.0711. The van der Waals surface area contributed by atoms with Crippen molar-refractivity contribution >= 4 is 62.2 Å². The fourth-order valence-corrected chi connectivity index (χ4v) is 4.73. The maximum Gasteiger partial charge on any atom is 0.264 e. The van der Waals surface area contributed by atoms with Crippen LogP contribution in [0.3, 0.4) is 0 Å². The van der Waals surface area contributed by atoms with Crippen LogP contribution in [0.25, 0.3) is 11.1 Å². The summed E-state index contributed by atoms with van der Waals surface area (Å²) in [6.45, 7) is -0.342. The van der Waals surface area contributed by atoms with Crippen molar-refractivity contribution in [2.75, 3.05) is 17.9 Å². The molecule has 158 valence electrons. The molecule has 1 heterocycles. The van der Waals surface area contributed by atoms with Crippen molar-refractivity contribution in [2.24, 2.45) is 0 Å². The van der Waals surface area contributed by atoms with Crippen molar-refractivity contribution in [3.63, 3.8) is 0 Å². The first-order valence-corrected chi connectivity index (χ1v) is 11.3. The van der Waals surface area contributed by atoms with E-state index in [2.05, 4.69) is 14.7 Å². The second-order valence-electron chi connectivity index (χ2n) is 5.73. The predicted octanol–water partition coefficient (Wildman–Crippen LogP) is 4.93. The van der Waals surface area contributed by atoms with E-state index in [0.717, 1.165) is 6.33 Å². The van der Waals surface area contributed by atoms with Crippen LogP contribution >= 0.6 is 46.4 Å². The van der Waals surface area contributed by atoms with E-state index in [1.807, 2.05) is 0 Å². The summed E-state index contributed by atoms with van der Waals surface area (Å²) in [6.07, 6.45) is 1.11. The lowest BCUT2D eigenvalue weighted by Gasteiger charge is -2.16. The normalized spacial score (nSPS) is 11.4. The number of anilines is 1. The van der Waals surface area contributed by atoms with Crippen molar-refractivity contribution in [3.05, 3.63) is 62.8 Å². The van der Waals surface area contributed by atoms with Crippen molar-refractivity contribution in [1.29, 1.82) is 0 Å². The molecule has 7 nitrogen and oxygen atoms in total. The molecule has 0 aliphatic carbocycles. The summed E-state index contributed by atoms with van der Waals surface area (Å²) in [4.78, 5) is 7.79. The number of benzene rings is 2. The Hall–Kier alpha value is -1.81. The van der Waals surface area contributed by atoms with Gasteiger partial charge >= 0.3 is 0 Å². The molecule has 0 aliphatic heterocycles. The van der Waals surface area contributed by atoms with Gasteiger partial charge in [0.25, 0.3) is 10.0 Å². The Kier molecular flexibility index (Phi) is 7.28. The highest BCUT2D eigenvalue weighted by Crippen LogP contribution is 2.40. The molecule has 0 unspecified atom stereocenters. The largest absolute Gasteiger partial charge is 0.475 e. The zero-order chi connectivity index (χ0) is 21.9. The van der Waals surface area contributed by atoms with Gasteiger partial charge in [-0.2, -0.15) is 0 Å². The predicted molar refractivity (Wildman–Crippen MR) is 117 cm³/mol. The molecule has 0 spiro atoms. The second-order valence-corrected chi connectivity index (χ2v) is 8.95. The highest BCUT2D eigenvalue weighted by atomic mass is 35.5. The molecule has 0 saturated heterocycles. The van der Waals surface area contributed by atoms with Gasteiger partial charge in [0.1, 0.15) is 17.8 Å². The number of hydrogen-bond acceptors (Lipinski definition) is 6. The van der Waals surface area contributed by atoms with Gasteiger partial charge in [-0.3, -0.25) is 4.72 Å². The molecule has 0 saturated carbocycles. The molecule has 0 amide bonds. The van der Waals surface area contributed by atoms with Gasteiger partial charge in [-0.15, -0.1) is 0 Å². The van der Waals surface area contributed by atoms with E-state index in [1.165, 1.54) is 12.1 Å². The minimum absolute atomic E-state index is 0.0325. The van der Waals surface area contributed by atoms with Crippen molar-refractivity contribution < 1.29 is 18.3 Å². The van der Waals surface area contributed by atoms with Gasteiger partial charge in [0.05, 0.1) is 27.2 Å². The molecule has 1 aromatic heterocycles. The number of halogens is 4. The fraction of sp³-hybridized carbons (Fsp3) is 0.111. The number of ether oxygens (including phenoxy) is 1. The number of hydrogen-bond donors (Lipinski definition) is 2. The van der Waals surface area contributed by atoms with Crippen LogP contribution < -0.4 is 9.46 Å². The van der Waals surface area contributed by atoms with Crippen LogP contribution in [0.4, 0.5) is 5.82 Å². The van der Waals surface area contributed by atoms with Gasteiger partial charge in [-0.05, 0) is 18.2 Å². The summed E-state index contributed by atoms with van der Waals surface area (Å²) in [5.41, 5.74) is 0.613. The fourth-order valence-electron chi connectivity index (χ4n) is 2.50. The Balaban J connectivity index is 2.15. The van der Waals surface area contributed by atoms with Gasteiger partial charge in [-0.1, -0.05) is 64.6 Å². The molecule has 2 N–H and O–H groups in total. The smallest absolute Gasteiger partial charge is 0.264 e. The summed E-state index contributed by atoms with van der Waals surface area (Å²) < 4.78 is 33.8. The van der Waals surface area contributed by atoms with E-state index in [4.69, 9.17) is 56.2 Å². The molecule has 0 fully saturated rings. The summed E-state index contributed by atoms with van der Waals surface area (Å²) in [6, 6.07) is 9.22. The highest BCUT2D eigenvalue weighted by Gasteiger charge is 2.25. The van der Waals surface area contributed by atoms with E-state index in [1.54, 1.807) is 24.3 Å². The zero-order valence-corrected chi connectivity index (χ0v) is 18.8. The van der Waals surface area contributed by atoms with Crippen LogP contribution in [0.1, 0.15) is 0 Å². The first kappa shape index (κ1) is 22.9. The number of nitrogens with one attached hydrogen (secondary N) is 1. The highest BCUT2D eigenvalue weighted by molar-refractivity contribution is 7.92. The van der Waals surface area contributed by atoms with Gasteiger partial charge in [-0.25, -0.2) is 18.4 Å². The minimum atomic E-state index is -4.23. The molecular formula is C18H13Cl4N3O4S. The average molecular weight is 509 g/mol. The third-order valence-corrected chi connectivity index (χ3v) is 6.92. The van der Waals surface area contributed by atoms with Gasteiger partial charge in [0.15, 0.2) is 5.82 Å². The summed E-state index contributed by atoms with van der Waals surface area (Å²) >= 11 is 24.3. The topological polar surface area (TPSA) is 101 Å². The first-order chi connectivity index (χ1) is 14.3. The van der Waals surface area contributed by atoms with Crippen LogP contribution in [0.2, 0.25) is 20.1 Å². The van der Waals surface area contributed by atoms with Gasteiger partial charge in [0, 0.05) is 10.6 Å². The summed E-state index contributed by atoms with van der Waals surface area (Å²) in [7, 11) is -4.23. The molecule has 2 aromatic carbocycles. The Morgan fingerprint density at radius 2 is 1.70 bits per heavy atom. The minimum Gasteiger partial charge on any atom is -0.475 e. The molecule has 0 radical (unpaired) electrons. The van der Waals surface area contributed by atoms with E-state index < -0.39 is 10.0 Å². The van der Waals surface area contributed by atoms with E-state index in [9.17, 15) is 8.42 Å². The van der Waals surface area contributed by atoms with Crippen LogP contribution in [0.5, 0.6) is 5.88 Å². The SMILES string of the molecule is O=S(=O)(Nc1ncnc(OCCO)c1-c1ccccc1Cl)c1ccc(Cl)c(Cl)c1Cl. The zero-order valence-electron chi connectivity index (χ0n) is 14.9. The number of rotatable bonds is 7. The monoisotopic (exact) mass is 507 g/mol. The Bertz CT molecular complexity index is 1190. The van der Waals surface area contributed by atoms with Crippen LogP contribution in [0, 0.1) is 0 Å².